The zero-order chi connectivity index (χ0) is 10.8. The van der Waals surface area contributed by atoms with Crippen molar-refractivity contribution in [3.63, 3.8) is 0 Å². The SMILES string of the molecule is CC(C)(CN)C(=O)N1CCCC1CO. The molecule has 0 saturated carbocycles. The number of nitrogens with two attached hydrogens (primary N) is 1. The van der Waals surface area contributed by atoms with E-state index in [0.29, 0.717) is 6.54 Å². The molecule has 1 heterocycles. The summed E-state index contributed by atoms with van der Waals surface area (Å²) >= 11 is 0. The Kier molecular flexibility index (Phi) is 3.50. The van der Waals surface area contributed by atoms with E-state index in [-0.39, 0.29) is 18.6 Å². The molecule has 1 amide bonds. The maximum absolute atomic E-state index is 12.0. The van der Waals surface area contributed by atoms with E-state index in [2.05, 4.69) is 0 Å². The van der Waals surface area contributed by atoms with Crippen LogP contribution < -0.4 is 5.73 Å². The largest absolute Gasteiger partial charge is 0.394 e. The Morgan fingerprint density at radius 3 is 2.79 bits per heavy atom. The van der Waals surface area contributed by atoms with E-state index in [1.807, 2.05) is 13.8 Å². The number of likely N-dealkylation sites (tertiary alicyclic amines) is 1. The number of carbonyl (C=O) groups excluding carboxylic acids is 1. The molecular weight excluding hydrogens is 180 g/mol. The van der Waals surface area contributed by atoms with E-state index in [9.17, 15) is 4.79 Å². The van der Waals surface area contributed by atoms with Crippen molar-refractivity contribution in [2.45, 2.75) is 32.7 Å². The van der Waals surface area contributed by atoms with Gasteiger partial charge in [0.05, 0.1) is 18.1 Å². The van der Waals surface area contributed by atoms with Crippen LogP contribution in [-0.4, -0.2) is 41.7 Å². The van der Waals surface area contributed by atoms with Crippen molar-refractivity contribution in [2.75, 3.05) is 19.7 Å². The number of rotatable bonds is 3. The van der Waals surface area contributed by atoms with Gasteiger partial charge in [-0.15, -0.1) is 0 Å². The number of aliphatic hydroxyl groups is 1. The monoisotopic (exact) mass is 200 g/mol. The van der Waals surface area contributed by atoms with Crippen molar-refractivity contribution >= 4 is 5.91 Å². The molecule has 82 valence electrons. The summed E-state index contributed by atoms with van der Waals surface area (Å²) in [5.41, 5.74) is 5.05. The van der Waals surface area contributed by atoms with Gasteiger partial charge in [0.25, 0.3) is 0 Å². The predicted molar refractivity (Wildman–Crippen MR) is 54.7 cm³/mol. The number of hydrogen-bond acceptors (Lipinski definition) is 3. The summed E-state index contributed by atoms with van der Waals surface area (Å²) in [5.74, 6) is 0.0663. The Labute approximate surface area is 85.1 Å². The van der Waals surface area contributed by atoms with Gasteiger partial charge in [-0.2, -0.15) is 0 Å². The van der Waals surface area contributed by atoms with Crippen LogP contribution in [0.2, 0.25) is 0 Å². The fourth-order valence-corrected chi connectivity index (χ4v) is 1.77. The van der Waals surface area contributed by atoms with Gasteiger partial charge < -0.3 is 15.7 Å². The molecule has 1 unspecified atom stereocenters. The lowest BCUT2D eigenvalue weighted by Gasteiger charge is -2.31. The molecule has 1 rings (SSSR count). The smallest absolute Gasteiger partial charge is 0.229 e. The van der Waals surface area contributed by atoms with Gasteiger partial charge in [-0.05, 0) is 26.7 Å². The Hall–Kier alpha value is -0.610. The molecule has 4 heteroatoms. The van der Waals surface area contributed by atoms with Crippen LogP contribution in [0.15, 0.2) is 0 Å². The standard InChI is InChI=1S/C10H20N2O2/c1-10(2,7-11)9(14)12-5-3-4-8(12)6-13/h8,13H,3-7,11H2,1-2H3. The third kappa shape index (κ3) is 2.07. The van der Waals surface area contributed by atoms with Crippen molar-refractivity contribution < 1.29 is 9.90 Å². The number of nitrogens with zero attached hydrogens (tertiary/aromatic N) is 1. The topological polar surface area (TPSA) is 66.6 Å². The summed E-state index contributed by atoms with van der Waals surface area (Å²) in [5, 5.41) is 9.10. The molecule has 3 N–H and O–H groups in total. The Balaban J connectivity index is 2.69. The maximum Gasteiger partial charge on any atom is 0.229 e. The van der Waals surface area contributed by atoms with Crippen LogP contribution in [-0.2, 0) is 4.79 Å². The van der Waals surface area contributed by atoms with Crippen LogP contribution in [0.5, 0.6) is 0 Å². The molecule has 0 aromatic heterocycles. The number of hydrogen-bond donors (Lipinski definition) is 2. The summed E-state index contributed by atoms with van der Waals surface area (Å²) in [6.45, 7) is 4.87. The van der Waals surface area contributed by atoms with Crippen LogP contribution in [0.1, 0.15) is 26.7 Å². The van der Waals surface area contributed by atoms with Gasteiger partial charge in [0.15, 0.2) is 0 Å². The molecule has 1 aliphatic rings. The molecule has 0 aliphatic carbocycles. The Morgan fingerprint density at radius 1 is 1.64 bits per heavy atom. The van der Waals surface area contributed by atoms with Crippen LogP contribution in [0.25, 0.3) is 0 Å². The first-order valence-corrected chi connectivity index (χ1v) is 5.15. The quantitative estimate of drug-likeness (QED) is 0.671. The molecule has 4 nitrogen and oxygen atoms in total. The number of amides is 1. The normalized spacial score (nSPS) is 22.9. The molecule has 1 saturated heterocycles. The zero-order valence-electron chi connectivity index (χ0n) is 8.99. The third-order valence-corrected chi connectivity index (χ3v) is 2.94. The molecule has 1 fully saturated rings. The van der Waals surface area contributed by atoms with Gasteiger partial charge in [-0.25, -0.2) is 0 Å². The second-order valence-electron chi connectivity index (χ2n) is 4.57. The van der Waals surface area contributed by atoms with Crippen LogP contribution >= 0.6 is 0 Å². The van der Waals surface area contributed by atoms with Gasteiger partial charge in [0, 0.05) is 13.1 Å². The van der Waals surface area contributed by atoms with E-state index >= 15 is 0 Å². The minimum atomic E-state index is -0.502. The Morgan fingerprint density at radius 2 is 2.29 bits per heavy atom. The average Bonchev–Trinajstić information content (AvgIpc) is 2.64. The van der Waals surface area contributed by atoms with E-state index in [1.165, 1.54) is 0 Å². The minimum absolute atomic E-state index is 0.00771. The van der Waals surface area contributed by atoms with Crippen molar-refractivity contribution in [3.8, 4) is 0 Å². The highest BCUT2D eigenvalue weighted by Gasteiger charge is 2.36. The van der Waals surface area contributed by atoms with E-state index < -0.39 is 5.41 Å². The highest BCUT2D eigenvalue weighted by atomic mass is 16.3. The number of carbonyl (C=O) groups is 1. The summed E-state index contributed by atoms with van der Waals surface area (Å²) in [7, 11) is 0. The highest BCUT2D eigenvalue weighted by molar-refractivity contribution is 5.82. The predicted octanol–water partition coefficient (Wildman–Crippen LogP) is -0.0454. The third-order valence-electron chi connectivity index (χ3n) is 2.94. The Bertz CT molecular complexity index is 216. The lowest BCUT2D eigenvalue weighted by atomic mass is 9.91. The zero-order valence-corrected chi connectivity index (χ0v) is 8.99. The van der Waals surface area contributed by atoms with Gasteiger partial charge >= 0.3 is 0 Å². The summed E-state index contributed by atoms with van der Waals surface area (Å²) in [6.07, 6.45) is 1.89. The average molecular weight is 200 g/mol. The van der Waals surface area contributed by atoms with Crippen molar-refractivity contribution in [3.05, 3.63) is 0 Å². The van der Waals surface area contributed by atoms with Crippen LogP contribution in [0.4, 0.5) is 0 Å². The lowest BCUT2D eigenvalue weighted by molar-refractivity contribution is -0.141. The lowest BCUT2D eigenvalue weighted by Crippen LogP contribution is -2.47. The highest BCUT2D eigenvalue weighted by Crippen LogP contribution is 2.24. The van der Waals surface area contributed by atoms with E-state index in [1.54, 1.807) is 4.90 Å². The van der Waals surface area contributed by atoms with Crippen molar-refractivity contribution in [1.29, 1.82) is 0 Å². The second-order valence-corrected chi connectivity index (χ2v) is 4.57. The fourth-order valence-electron chi connectivity index (χ4n) is 1.77. The first-order chi connectivity index (χ1) is 6.53. The molecule has 0 radical (unpaired) electrons. The van der Waals surface area contributed by atoms with Gasteiger partial charge in [-0.3, -0.25) is 4.79 Å². The molecule has 1 atom stereocenters. The summed E-state index contributed by atoms with van der Waals surface area (Å²) in [4.78, 5) is 13.8. The van der Waals surface area contributed by atoms with Crippen molar-refractivity contribution in [1.82, 2.24) is 4.90 Å². The molecule has 0 bridgehead atoms. The summed E-state index contributed by atoms with van der Waals surface area (Å²) in [6, 6.07) is 0.00771. The molecule has 0 spiro atoms. The maximum atomic E-state index is 12.0. The first-order valence-electron chi connectivity index (χ1n) is 5.15. The van der Waals surface area contributed by atoms with E-state index in [0.717, 1.165) is 19.4 Å². The van der Waals surface area contributed by atoms with Crippen molar-refractivity contribution in [2.24, 2.45) is 11.1 Å². The van der Waals surface area contributed by atoms with E-state index in [4.69, 9.17) is 10.8 Å². The van der Waals surface area contributed by atoms with Gasteiger partial charge in [0.1, 0.15) is 0 Å². The van der Waals surface area contributed by atoms with Crippen LogP contribution in [0.3, 0.4) is 0 Å². The molecule has 1 aliphatic heterocycles. The van der Waals surface area contributed by atoms with Crippen LogP contribution in [0, 0.1) is 5.41 Å². The second kappa shape index (κ2) is 4.28. The number of aliphatic hydroxyl groups excluding tert-OH is 1. The molecule has 0 aromatic carbocycles. The molecular formula is C10H20N2O2. The molecule has 14 heavy (non-hydrogen) atoms. The van der Waals surface area contributed by atoms with Gasteiger partial charge in [-0.1, -0.05) is 0 Å². The first kappa shape index (κ1) is 11.5. The minimum Gasteiger partial charge on any atom is -0.394 e. The van der Waals surface area contributed by atoms with Gasteiger partial charge in [0.2, 0.25) is 5.91 Å². The summed E-state index contributed by atoms with van der Waals surface area (Å²) < 4.78 is 0. The molecule has 0 aromatic rings. The fraction of sp³-hybridized carbons (Fsp3) is 0.900.